The minimum Gasteiger partial charge on any atom is -0.444 e. The summed E-state index contributed by atoms with van der Waals surface area (Å²) in [6.07, 6.45) is 6.67. The van der Waals surface area contributed by atoms with E-state index >= 15 is 0 Å². The second kappa shape index (κ2) is 8.56. The second-order valence-electron chi connectivity index (χ2n) is 10.7. The third-order valence-corrected chi connectivity index (χ3v) is 7.13. The molecule has 11 nitrogen and oxygen atoms in total. The number of halogens is 1. The Morgan fingerprint density at radius 1 is 1.16 bits per heavy atom. The molecule has 3 aromatic rings. The van der Waals surface area contributed by atoms with Crippen molar-refractivity contribution in [2.24, 2.45) is 0 Å². The van der Waals surface area contributed by atoms with Crippen molar-refractivity contribution < 1.29 is 18.7 Å². The Labute approximate surface area is 213 Å². The van der Waals surface area contributed by atoms with E-state index in [1.165, 1.54) is 28.0 Å². The normalized spacial score (nSPS) is 20.9. The molecule has 2 saturated heterocycles. The highest BCUT2D eigenvalue weighted by atomic mass is 19.1. The lowest BCUT2D eigenvalue weighted by Gasteiger charge is -2.42. The molecular weight excluding hydrogens is 479 g/mol. The number of carbonyl (C=O) groups excluding carboxylic acids is 2. The zero-order chi connectivity index (χ0) is 25.9. The van der Waals surface area contributed by atoms with E-state index in [0.29, 0.717) is 37.5 Å². The summed E-state index contributed by atoms with van der Waals surface area (Å²) in [5.41, 5.74) is 1.84. The fraction of sp³-hybridized carbons (Fsp3) is 0.480. The fourth-order valence-electron chi connectivity index (χ4n) is 5.59. The first kappa shape index (κ1) is 23.4. The van der Waals surface area contributed by atoms with Crippen LogP contribution in [0.25, 0.3) is 5.65 Å². The van der Waals surface area contributed by atoms with E-state index in [-0.39, 0.29) is 23.9 Å². The maximum absolute atomic E-state index is 14.5. The zero-order valence-electron chi connectivity index (χ0n) is 21.0. The summed E-state index contributed by atoms with van der Waals surface area (Å²) in [5, 5.41) is 6.65. The van der Waals surface area contributed by atoms with E-state index in [2.05, 4.69) is 25.3 Å². The van der Waals surface area contributed by atoms with Crippen LogP contribution in [0.4, 0.5) is 31.2 Å². The van der Waals surface area contributed by atoms with Gasteiger partial charge in [0.15, 0.2) is 11.5 Å². The molecule has 6 rings (SSSR count). The number of fused-ring (bicyclic) bond motifs is 4. The van der Waals surface area contributed by atoms with Crippen LogP contribution in [0.3, 0.4) is 0 Å². The van der Waals surface area contributed by atoms with Gasteiger partial charge in [-0.2, -0.15) is 5.10 Å². The Balaban J connectivity index is 1.20. The first-order valence-electron chi connectivity index (χ1n) is 12.5. The van der Waals surface area contributed by atoms with Crippen molar-refractivity contribution >= 4 is 35.0 Å². The van der Waals surface area contributed by atoms with E-state index in [1.54, 1.807) is 6.20 Å². The van der Waals surface area contributed by atoms with Gasteiger partial charge in [0, 0.05) is 43.1 Å². The number of ether oxygens (including phenoxy) is 1. The highest BCUT2D eigenvalue weighted by molar-refractivity contribution is 6.03. The van der Waals surface area contributed by atoms with Crippen LogP contribution in [-0.4, -0.2) is 73.9 Å². The molecule has 12 heteroatoms. The smallest absolute Gasteiger partial charge is 0.410 e. The number of urea groups is 1. The van der Waals surface area contributed by atoms with Gasteiger partial charge in [-0.3, -0.25) is 9.80 Å². The third-order valence-electron chi connectivity index (χ3n) is 7.13. The van der Waals surface area contributed by atoms with Gasteiger partial charge in [-0.15, -0.1) is 0 Å². The number of piperazine rings is 1. The molecule has 0 aromatic carbocycles. The van der Waals surface area contributed by atoms with Gasteiger partial charge < -0.3 is 15.0 Å². The van der Waals surface area contributed by atoms with Crippen LogP contribution in [0.1, 0.15) is 39.2 Å². The van der Waals surface area contributed by atoms with Crippen molar-refractivity contribution in [1.82, 2.24) is 24.5 Å². The lowest BCUT2D eigenvalue weighted by molar-refractivity contribution is 0.0123. The molecule has 0 radical (unpaired) electrons. The molecule has 6 heterocycles. The number of amides is 3. The Bertz CT molecular complexity index is 1370. The predicted molar refractivity (Wildman–Crippen MR) is 134 cm³/mol. The van der Waals surface area contributed by atoms with Crippen LogP contribution in [0.2, 0.25) is 0 Å². The molecule has 0 saturated carbocycles. The molecule has 0 aliphatic carbocycles. The fourth-order valence-corrected chi connectivity index (χ4v) is 5.59. The average Bonchev–Trinajstić information content (AvgIpc) is 3.53. The van der Waals surface area contributed by atoms with Crippen molar-refractivity contribution in [2.45, 2.75) is 57.7 Å². The number of nitrogens with one attached hydrogen (secondary N) is 1. The Kier molecular flexibility index (Phi) is 5.42. The summed E-state index contributed by atoms with van der Waals surface area (Å²) in [4.78, 5) is 40.2. The minimum atomic E-state index is -0.590. The molecule has 2 atom stereocenters. The molecule has 2 bridgehead atoms. The highest BCUT2D eigenvalue weighted by Crippen LogP contribution is 2.39. The SMILES string of the molecule is CC(C)(C)OC(=O)N1C2CCC1CN(c1ccnc3c1CCN3C(=O)Nc1cn3ncnc3cc1F)C2. The van der Waals surface area contributed by atoms with Gasteiger partial charge in [-0.1, -0.05) is 0 Å². The van der Waals surface area contributed by atoms with Crippen LogP contribution >= 0.6 is 0 Å². The molecule has 3 aliphatic rings. The quantitative estimate of drug-likeness (QED) is 0.565. The summed E-state index contributed by atoms with van der Waals surface area (Å²) in [5.74, 6) is -0.0209. The van der Waals surface area contributed by atoms with Crippen LogP contribution in [-0.2, 0) is 11.2 Å². The topological polar surface area (TPSA) is 108 Å². The summed E-state index contributed by atoms with van der Waals surface area (Å²) in [7, 11) is 0. The Morgan fingerprint density at radius 2 is 1.92 bits per heavy atom. The molecule has 2 fully saturated rings. The molecule has 37 heavy (non-hydrogen) atoms. The number of pyridine rings is 2. The van der Waals surface area contributed by atoms with Gasteiger partial charge in [0.1, 0.15) is 17.7 Å². The predicted octanol–water partition coefficient (Wildman–Crippen LogP) is 3.45. The minimum absolute atomic E-state index is 0.0162. The first-order chi connectivity index (χ1) is 17.7. The Morgan fingerprint density at radius 3 is 2.65 bits per heavy atom. The number of hydrogen-bond acceptors (Lipinski definition) is 7. The number of rotatable bonds is 2. The number of nitrogens with zero attached hydrogens (tertiary/aromatic N) is 7. The van der Waals surface area contributed by atoms with E-state index < -0.39 is 17.4 Å². The highest BCUT2D eigenvalue weighted by Gasteiger charge is 2.45. The third kappa shape index (κ3) is 4.19. The molecule has 1 N–H and O–H groups in total. The van der Waals surface area contributed by atoms with Gasteiger partial charge in [-0.25, -0.2) is 28.5 Å². The van der Waals surface area contributed by atoms with Crippen molar-refractivity contribution in [3.05, 3.63) is 42.2 Å². The number of aromatic nitrogens is 4. The monoisotopic (exact) mass is 508 g/mol. The molecular formula is C25H29FN8O3. The van der Waals surface area contributed by atoms with E-state index in [1.807, 2.05) is 31.7 Å². The summed E-state index contributed by atoms with van der Waals surface area (Å²) in [6.45, 7) is 7.47. The maximum atomic E-state index is 14.5. The first-order valence-corrected chi connectivity index (χ1v) is 12.5. The van der Waals surface area contributed by atoms with Crippen LogP contribution in [0.5, 0.6) is 0 Å². The lowest BCUT2D eigenvalue weighted by Crippen LogP contribution is -2.57. The largest absolute Gasteiger partial charge is 0.444 e. The van der Waals surface area contributed by atoms with E-state index in [9.17, 15) is 14.0 Å². The average molecular weight is 509 g/mol. The molecule has 3 aliphatic heterocycles. The van der Waals surface area contributed by atoms with Gasteiger partial charge >= 0.3 is 12.1 Å². The van der Waals surface area contributed by atoms with E-state index in [0.717, 1.165) is 24.1 Å². The molecule has 3 aromatic heterocycles. The molecule has 3 amide bonds. The summed E-state index contributed by atoms with van der Waals surface area (Å²) in [6, 6.07) is 2.89. The van der Waals surface area contributed by atoms with Gasteiger partial charge in [0.05, 0.1) is 24.0 Å². The molecule has 194 valence electrons. The molecule has 2 unspecified atom stereocenters. The number of carbonyl (C=O) groups is 2. The van der Waals surface area contributed by atoms with Gasteiger partial charge in [0.2, 0.25) is 0 Å². The van der Waals surface area contributed by atoms with Gasteiger partial charge in [-0.05, 0) is 46.1 Å². The summed E-state index contributed by atoms with van der Waals surface area (Å²) < 4.78 is 21.6. The van der Waals surface area contributed by atoms with E-state index in [4.69, 9.17) is 4.74 Å². The second-order valence-corrected chi connectivity index (χ2v) is 10.7. The van der Waals surface area contributed by atoms with Crippen molar-refractivity contribution in [1.29, 1.82) is 0 Å². The number of anilines is 3. The maximum Gasteiger partial charge on any atom is 0.410 e. The van der Waals surface area contributed by atoms with Crippen molar-refractivity contribution in [3.63, 3.8) is 0 Å². The van der Waals surface area contributed by atoms with Crippen LogP contribution < -0.4 is 15.1 Å². The Hall–Kier alpha value is -3.96. The standard InChI is InChI=1S/C25H29FN8O3/c1-25(2,3)37-24(36)34-15-4-5-16(34)12-31(11-15)20-6-8-27-22-17(20)7-9-32(22)23(35)30-19-13-33-21(10-18(19)26)28-14-29-33/h6,8,10,13-16H,4-5,7,9,11-12H2,1-3H3,(H,30,35). The van der Waals surface area contributed by atoms with Crippen LogP contribution in [0.15, 0.2) is 30.9 Å². The molecule has 0 spiro atoms. The lowest BCUT2D eigenvalue weighted by atomic mass is 10.1. The summed E-state index contributed by atoms with van der Waals surface area (Å²) >= 11 is 0. The van der Waals surface area contributed by atoms with Crippen LogP contribution in [0, 0.1) is 5.82 Å². The zero-order valence-corrected chi connectivity index (χ0v) is 21.0. The van der Waals surface area contributed by atoms with Crippen molar-refractivity contribution in [3.8, 4) is 0 Å². The van der Waals surface area contributed by atoms with Crippen molar-refractivity contribution in [2.75, 3.05) is 34.8 Å². The number of hydrogen-bond donors (Lipinski definition) is 1. The van der Waals surface area contributed by atoms with Gasteiger partial charge in [0.25, 0.3) is 0 Å².